The van der Waals surface area contributed by atoms with Gasteiger partial charge in [0.15, 0.2) is 0 Å². The number of rotatable bonds is 4. The highest BCUT2D eigenvalue weighted by atomic mass is 16.1. The normalized spacial score (nSPS) is 26.0. The molecule has 21 heavy (non-hydrogen) atoms. The molecule has 5 heteroatoms. The number of nitrogens with one attached hydrogen (secondary N) is 1. The lowest BCUT2D eigenvalue weighted by molar-refractivity contribution is -0.126. The number of carbonyl (C=O) groups is 1. The van der Waals surface area contributed by atoms with E-state index in [1.54, 1.807) is 0 Å². The van der Waals surface area contributed by atoms with Gasteiger partial charge < -0.3 is 15.6 Å². The predicted octanol–water partition coefficient (Wildman–Crippen LogP) is 1.98. The number of nitrogens with two attached hydrogens (primary N) is 1. The van der Waals surface area contributed by atoms with E-state index in [0.717, 1.165) is 43.3 Å². The fourth-order valence-electron chi connectivity index (χ4n) is 3.56. The third-order valence-electron chi connectivity index (χ3n) is 4.59. The molecule has 1 aromatic carbocycles. The second-order valence-electron chi connectivity index (χ2n) is 5.87. The monoisotopic (exact) mass is 286 g/mol. The van der Waals surface area contributed by atoms with Crippen molar-refractivity contribution in [2.75, 3.05) is 6.54 Å². The number of imidazole rings is 1. The van der Waals surface area contributed by atoms with Gasteiger partial charge in [0.05, 0.1) is 22.9 Å². The van der Waals surface area contributed by atoms with Crippen molar-refractivity contribution >= 4 is 16.9 Å². The van der Waals surface area contributed by atoms with Crippen LogP contribution in [-0.2, 0) is 4.79 Å². The molecule has 112 valence electrons. The third kappa shape index (κ3) is 2.42. The molecule has 1 fully saturated rings. The Bertz CT molecular complexity index is 647. The largest absolute Gasteiger partial charge is 0.368 e. The summed E-state index contributed by atoms with van der Waals surface area (Å²) in [6.07, 6.45) is 5.49. The second-order valence-corrected chi connectivity index (χ2v) is 5.87. The average molecular weight is 286 g/mol. The van der Waals surface area contributed by atoms with Gasteiger partial charge in [-0.2, -0.15) is 0 Å². The number of fused-ring (bicyclic) bond motifs is 1. The maximum atomic E-state index is 12.0. The fourth-order valence-corrected chi connectivity index (χ4v) is 3.56. The Morgan fingerprint density at radius 3 is 3.10 bits per heavy atom. The Balaban J connectivity index is 1.94. The summed E-state index contributed by atoms with van der Waals surface area (Å²) in [6, 6.07) is 8.37. The van der Waals surface area contributed by atoms with Gasteiger partial charge in [0.1, 0.15) is 0 Å². The van der Waals surface area contributed by atoms with E-state index in [1.807, 2.05) is 31.5 Å². The van der Waals surface area contributed by atoms with Crippen molar-refractivity contribution in [2.45, 2.75) is 44.2 Å². The summed E-state index contributed by atoms with van der Waals surface area (Å²) in [5.74, 6) is -0.238. The highest BCUT2D eigenvalue weighted by Crippen LogP contribution is 2.36. The Morgan fingerprint density at radius 2 is 2.33 bits per heavy atom. The molecule has 1 amide bonds. The minimum atomic E-state index is -0.580. The van der Waals surface area contributed by atoms with Gasteiger partial charge in [0.2, 0.25) is 5.91 Å². The summed E-state index contributed by atoms with van der Waals surface area (Å²) >= 11 is 0. The number of para-hydroxylation sites is 2. The number of carbonyl (C=O) groups excluding carboxylic acids is 1. The van der Waals surface area contributed by atoms with E-state index < -0.39 is 5.54 Å². The van der Waals surface area contributed by atoms with Gasteiger partial charge in [0.25, 0.3) is 0 Å². The zero-order valence-corrected chi connectivity index (χ0v) is 12.4. The summed E-state index contributed by atoms with van der Waals surface area (Å²) in [5.41, 5.74) is 7.23. The van der Waals surface area contributed by atoms with Crippen molar-refractivity contribution in [2.24, 2.45) is 5.73 Å². The molecule has 1 saturated carbocycles. The minimum Gasteiger partial charge on any atom is -0.368 e. The number of benzene rings is 1. The van der Waals surface area contributed by atoms with Gasteiger partial charge in [-0.1, -0.05) is 19.1 Å². The highest BCUT2D eigenvalue weighted by molar-refractivity contribution is 5.85. The summed E-state index contributed by atoms with van der Waals surface area (Å²) < 4.78 is 2.20. The van der Waals surface area contributed by atoms with Gasteiger partial charge in [-0.25, -0.2) is 4.98 Å². The van der Waals surface area contributed by atoms with Crippen molar-refractivity contribution in [3.63, 3.8) is 0 Å². The smallest absolute Gasteiger partial charge is 0.237 e. The van der Waals surface area contributed by atoms with Gasteiger partial charge in [0, 0.05) is 6.04 Å². The van der Waals surface area contributed by atoms with Gasteiger partial charge in [-0.05, 0) is 44.4 Å². The maximum absolute atomic E-state index is 12.0. The molecule has 2 unspecified atom stereocenters. The summed E-state index contributed by atoms with van der Waals surface area (Å²) in [5, 5.41) is 3.33. The van der Waals surface area contributed by atoms with E-state index in [9.17, 15) is 4.79 Å². The van der Waals surface area contributed by atoms with Crippen molar-refractivity contribution in [1.29, 1.82) is 0 Å². The van der Waals surface area contributed by atoms with E-state index in [-0.39, 0.29) is 11.9 Å². The lowest BCUT2D eigenvalue weighted by atomic mass is 9.78. The van der Waals surface area contributed by atoms with E-state index >= 15 is 0 Å². The molecule has 0 radical (unpaired) electrons. The van der Waals surface area contributed by atoms with Crippen LogP contribution in [0.3, 0.4) is 0 Å². The van der Waals surface area contributed by atoms with Gasteiger partial charge >= 0.3 is 0 Å². The summed E-state index contributed by atoms with van der Waals surface area (Å²) in [7, 11) is 0. The Labute approximate surface area is 124 Å². The number of amides is 1. The molecule has 5 nitrogen and oxygen atoms in total. The molecule has 2 aromatic rings. The molecule has 1 aliphatic carbocycles. The zero-order valence-electron chi connectivity index (χ0n) is 12.4. The van der Waals surface area contributed by atoms with Crippen LogP contribution in [0.15, 0.2) is 30.6 Å². The number of hydrogen-bond donors (Lipinski definition) is 2. The van der Waals surface area contributed by atoms with Crippen molar-refractivity contribution in [1.82, 2.24) is 14.9 Å². The molecule has 1 aromatic heterocycles. The highest BCUT2D eigenvalue weighted by Gasteiger charge is 2.41. The summed E-state index contributed by atoms with van der Waals surface area (Å²) in [6.45, 7) is 2.77. The van der Waals surface area contributed by atoms with Crippen LogP contribution in [-0.4, -0.2) is 27.5 Å². The first-order chi connectivity index (χ1) is 10.2. The lowest BCUT2D eigenvalue weighted by Gasteiger charge is -2.39. The van der Waals surface area contributed by atoms with Gasteiger partial charge in [-0.3, -0.25) is 4.79 Å². The molecular formula is C16H22N4O. The average Bonchev–Trinajstić information content (AvgIpc) is 2.91. The van der Waals surface area contributed by atoms with Crippen LogP contribution < -0.4 is 11.1 Å². The van der Waals surface area contributed by atoms with E-state index in [4.69, 9.17) is 5.73 Å². The molecule has 3 N–H and O–H groups in total. The maximum Gasteiger partial charge on any atom is 0.237 e. The fraction of sp³-hybridized carbons (Fsp3) is 0.500. The Morgan fingerprint density at radius 1 is 1.52 bits per heavy atom. The molecule has 0 saturated heterocycles. The molecule has 1 aliphatic rings. The summed E-state index contributed by atoms with van der Waals surface area (Å²) in [4.78, 5) is 16.4. The van der Waals surface area contributed by atoms with Crippen LogP contribution in [0.2, 0.25) is 0 Å². The van der Waals surface area contributed by atoms with Crippen LogP contribution in [0.25, 0.3) is 11.0 Å². The van der Waals surface area contributed by atoms with Crippen molar-refractivity contribution in [3.8, 4) is 0 Å². The first-order valence-electron chi connectivity index (χ1n) is 7.63. The number of likely N-dealkylation sites (N-methyl/N-ethyl adjacent to an activating group) is 1. The zero-order chi connectivity index (χ0) is 14.9. The number of hydrogen-bond acceptors (Lipinski definition) is 3. The molecule has 0 spiro atoms. The minimum absolute atomic E-state index is 0.238. The predicted molar refractivity (Wildman–Crippen MR) is 82.8 cm³/mol. The first kappa shape index (κ1) is 14.1. The Hall–Kier alpha value is -1.88. The van der Waals surface area contributed by atoms with Crippen LogP contribution >= 0.6 is 0 Å². The molecule has 0 bridgehead atoms. The molecule has 2 atom stereocenters. The molecule has 0 aliphatic heterocycles. The number of nitrogens with zero attached hydrogens (tertiary/aromatic N) is 2. The third-order valence-corrected chi connectivity index (χ3v) is 4.59. The number of aromatic nitrogens is 2. The second kappa shape index (κ2) is 5.48. The SMILES string of the molecule is CCNC1(C(N)=O)CCCC(n2cnc3ccccc32)C1. The molecule has 3 rings (SSSR count). The standard InChI is InChI=1S/C16H22N4O/c1-2-19-16(15(17)21)9-5-6-12(10-16)20-11-18-13-7-3-4-8-14(13)20/h3-4,7-8,11-12,19H,2,5-6,9-10H2,1H3,(H2,17,21). The lowest BCUT2D eigenvalue weighted by Crippen LogP contribution is -2.57. The van der Waals surface area contributed by atoms with E-state index in [2.05, 4.69) is 20.9 Å². The molecule has 1 heterocycles. The van der Waals surface area contributed by atoms with Gasteiger partial charge in [-0.15, -0.1) is 0 Å². The van der Waals surface area contributed by atoms with Crippen LogP contribution in [0, 0.1) is 0 Å². The quantitative estimate of drug-likeness (QED) is 0.902. The van der Waals surface area contributed by atoms with Crippen LogP contribution in [0.1, 0.15) is 38.6 Å². The van der Waals surface area contributed by atoms with Crippen molar-refractivity contribution in [3.05, 3.63) is 30.6 Å². The number of primary amides is 1. The van der Waals surface area contributed by atoms with Crippen molar-refractivity contribution < 1.29 is 4.79 Å². The first-order valence-corrected chi connectivity index (χ1v) is 7.63. The Kier molecular flexibility index (Phi) is 3.68. The topological polar surface area (TPSA) is 72.9 Å². The molecular weight excluding hydrogens is 264 g/mol. The van der Waals surface area contributed by atoms with Crippen LogP contribution in [0.5, 0.6) is 0 Å². The van der Waals surface area contributed by atoms with Crippen LogP contribution in [0.4, 0.5) is 0 Å². The van der Waals surface area contributed by atoms with E-state index in [1.165, 1.54) is 0 Å². The van der Waals surface area contributed by atoms with E-state index in [0.29, 0.717) is 0 Å².